The molecule has 1 aromatic rings. The van der Waals surface area contributed by atoms with Gasteiger partial charge in [0, 0.05) is 36.6 Å². The Morgan fingerprint density at radius 2 is 1.91 bits per heavy atom. The zero-order chi connectivity index (χ0) is 24.6. The van der Waals surface area contributed by atoms with E-state index in [-0.39, 0.29) is 28.3 Å². The number of nitrogens with zero attached hydrogens (tertiary/aromatic N) is 1. The van der Waals surface area contributed by atoms with Gasteiger partial charge >= 0.3 is 0 Å². The Hall–Kier alpha value is -1.56. The van der Waals surface area contributed by atoms with Crippen LogP contribution in [0.4, 0.5) is 0 Å². The number of piperidine rings is 1. The van der Waals surface area contributed by atoms with E-state index in [4.69, 9.17) is 14.2 Å². The fourth-order valence-corrected chi connectivity index (χ4v) is 9.09. The number of aliphatic hydroxyl groups is 1. The molecule has 3 fully saturated rings. The number of benzene rings is 1. The topological polar surface area (TPSA) is 51.2 Å². The molecule has 2 heterocycles. The van der Waals surface area contributed by atoms with Gasteiger partial charge in [0.1, 0.15) is 11.7 Å². The lowest BCUT2D eigenvalue weighted by molar-refractivity contribution is -0.263. The van der Waals surface area contributed by atoms with E-state index < -0.39 is 11.2 Å². The highest BCUT2D eigenvalue weighted by molar-refractivity contribution is 5.65. The lowest BCUT2D eigenvalue weighted by Crippen LogP contribution is -2.81. The maximum Gasteiger partial charge on any atom is 0.166 e. The quantitative estimate of drug-likeness (QED) is 0.631. The molecule has 5 heteroatoms. The summed E-state index contributed by atoms with van der Waals surface area (Å²) in [5.41, 5.74) is 0.639. The minimum Gasteiger partial charge on any atom is -0.493 e. The van der Waals surface area contributed by atoms with E-state index in [1.165, 1.54) is 30.5 Å². The summed E-state index contributed by atoms with van der Waals surface area (Å²) < 4.78 is 19.5. The Morgan fingerprint density at radius 1 is 1.14 bits per heavy atom. The SMILES string of the molecule is COc1ccc2c3c1O[C@H]1[C@@]4(OC)C=C[C@@]5(C[C@@H]4C(C)(O)C(C)(C)C)[C@@H](C2)N(CC2CC2)CC[C@]315. The van der Waals surface area contributed by atoms with Crippen LogP contribution in [0.15, 0.2) is 24.3 Å². The van der Waals surface area contributed by atoms with Gasteiger partial charge in [0.25, 0.3) is 0 Å². The van der Waals surface area contributed by atoms with Crippen LogP contribution < -0.4 is 9.47 Å². The molecule has 7 aliphatic rings. The summed E-state index contributed by atoms with van der Waals surface area (Å²) in [6.07, 6.45) is 10.4. The molecule has 8 rings (SSSR count). The first-order valence-electron chi connectivity index (χ1n) is 13.6. The van der Waals surface area contributed by atoms with E-state index in [1.54, 1.807) is 7.11 Å². The number of rotatable bonds is 5. The molecule has 2 aliphatic heterocycles. The molecule has 1 saturated heterocycles. The van der Waals surface area contributed by atoms with Crippen LogP contribution >= 0.6 is 0 Å². The van der Waals surface area contributed by atoms with Crippen molar-refractivity contribution in [1.29, 1.82) is 0 Å². The fraction of sp³-hybridized carbons (Fsp3) is 0.733. The first-order valence-corrected chi connectivity index (χ1v) is 13.6. The number of methoxy groups -OCH3 is 2. The predicted octanol–water partition coefficient (Wildman–Crippen LogP) is 4.49. The molecule has 1 unspecified atom stereocenters. The average Bonchev–Trinajstić information content (AvgIpc) is 3.56. The Morgan fingerprint density at radius 3 is 2.57 bits per heavy atom. The van der Waals surface area contributed by atoms with Crippen molar-refractivity contribution in [3.8, 4) is 11.5 Å². The third-order valence-electron chi connectivity index (χ3n) is 11.5. The summed E-state index contributed by atoms with van der Waals surface area (Å²) in [6, 6.07) is 4.80. The first-order chi connectivity index (χ1) is 16.6. The zero-order valence-electron chi connectivity index (χ0n) is 22.2. The molecule has 0 radical (unpaired) electrons. The average molecular weight is 480 g/mol. The summed E-state index contributed by atoms with van der Waals surface area (Å²) in [7, 11) is 3.56. The highest BCUT2D eigenvalue weighted by Gasteiger charge is 2.81. The number of ether oxygens (including phenoxy) is 3. The second-order valence-corrected chi connectivity index (χ2v) is 13.6. The lowest BCUT2D eigenvalue weighted by atomic mass is 9.35. The van der Waals surface area contributed by atoms with Gasteiger partial charge in [0.15, 0.2) is 11.5 Å². The van der Waals surface area contributed by atoms with Crippen LogP contribution in [0.1, 0.15) is 64.5 Å². The van der Waals surface area contributed by atoms with Crippen LogP contribution in [0.2, 0.25) is 0 Å². The van der Waals surface area contributed by atoms with Crippen LogP contribution in [0.25, 0.3) is 0 Å². The van der Waals surface area contributed by atoms with Gasteiger partial charge in [-0.1, -0.05) is 39.0 Å². The predicted molar refractivity (Wildman–Crippen MR) is 135 cm³/mol. The van der Waals surface area contributed by atoms with E-state index in [1.807, 2.05) is 14.0 Å². The van der Waals surface area contributed by atoms with Gasteiger partial charge in [-0.05, 0) is 68.5 Å². The van der Waals surface area contributed by atoms with E-state index in [0.717, 1.165) is 43.2 Å². The van der Waals surface area contributed by atoms with Crippen molar-refractivity contribution in [2.75, 3.05) is 27.3 Å². The van der Waals surface area contributed by atoms with E-state index in [9.17, 15) is 5.11 Å². The zero-order valence-corrected chi connectivity index (χ0v) is 22.2. The smallest absolute Gasteiger partial charge is 0.166 e. The normalized spacial score (nSPS) is 42.4. The van der Waals surface area contributed by atoms with Crippen LogP contribution in [0.5, 0.6) is 11.5 Å². The van der Waals surface area contributed by atoms with Crippen LogP contribution in [-0.2, 0) is 16.6 Å². The summed E-state index contributed by atoms with van der Waals surface area (Å²) in [5, 5.41) is 12.2. The second-order valence-electron chi connectivity index (χ2n) is 13.6. The van der Waals surface area contributed by atoms with Crippen LogP contribution in [-0.4, -0.2) is 60.7 Å². The molecule has 1 aromatic carbocycles. The molecular weight excluding hydrogens is 438 g/mol. The maximum atomic E-state index is 12.2. The molecule has 2 saturated carbocycles. The number of fused-ring (bicyclic) bond motifs is 1. The minimum atomic E-state index is -0.930. The molecular formula is C30H41NO4. The number of likely N-dealkylation sites (tertiary alicyclic amines) is 1. The van der Waals surface area contributed by atoms with Crippen molar-refractivity contribution >= 4 is 0 Å². The van der Waals surface area contributed by atoms with Crippen molar-refractivity contribution < 1.29 is 19.3 Å². The molecule has 5 aliphatic carbocycles. The third kappa shape index (κ3) is 2.42. The lowest BCUT2D eigenvalue weighted by Gasteiger charge is -2.73. The van der Waals surface area contributed by atoms with Gasteiger partial charge in [-0.2, -0.15) is 0 Å². The summed E-state index contributed by atoms with van der Waals surface area (Å²) in [4.78, 5) is 2.81. The fourth-order valence-electron chi connectivity index (χ4n) is 9.09. The number of hydrogen-bond acceptors (Lipinski definition) is 5. The third-order valence-corrected chi connectivity index (χ3v) is 11.5. The number of hydrogen-bond donors (Lipinski definition) is 1. The largest absolute Gasteiger partial charge is 0.493 e. The highest BCUT2D eigenvalue weighted by Crippen LogP contribution is 2.76. The molecule has 190 valence electrons. The maximum absolute atomic E-state index is 12.2. The van der Waals surface area contributed by atoms with Crippen LogP contribution in [0, 0.1) is 22.7 Å². The Balaban J connectivity index is 1.49. The van der Waals surface area contributed by atoms with Gasteiger partial charge < -0.3 is 19.3 Å². The monoisotopic (exact) mass is 479 g/mol. The van der Waals surface area contributed by atoms with E-state index in [2.05, 4.69) is 50.0 Å². The molecule has 5 nitrogen and oxygen atoms in total. The summed E-state index contributed by atoms with van der Waals surface area (Å²) in [6.45, 7) is 10.8. The van der Waals surface area contributed by atoms with Crippen molar-refractivity contribution in [3.63, 3.8) is 0 Å². The minimum absolute atomic E-state index is 0.0756. The van der Waals surface area contributed by atoms with Gasteiger partial charge in [0.05, 0.1) is 18.1 Å². The van der Waals surface area contributed by atoms with Gasteiger partial charge in [-0.15, -0.1) is 0 Å². The first kappa shape index (κ1) is 22.6. The van der Waals surface area contributed by atoms with Crippen molar-refractivity contribution in [2.45, 2.75) is 88.6 Å². The standard InChI is InChI=1S/C30H41NO4/c1-26(2,3)27(4,32)21-16-28-11-12-30(21,34-6)25-29(28)13-14-31(17-18-7-8-18)22(28)15-19-9-10-20(33-5)24(35-25)23(19)29/h9-12,18,21-22,25,32H,7-8,13-17H2,1-6H3/t21-,22-,25-,27?,28-,29+,30-/m1/s1. The summed E-state index contributed by atoms with van der Waals surface area (Å²) in [5.74, 6) is 2.53. The van der Waals surface area contributed by atoms with Gasteiger partial charge in [-0.25, -0.2) is 0 Å². The molecule has 2 spiro atoms. The Bertz CT molecular complexity index is 1120. The molecule has 35 heavy (non-hydrogen) atoms. The van der Waals surface area contributed by atoms with E-state index >= 15 is 0 Å². The van der Waals surface area contributed by atoms with Crippen molar-refractivity contribution in [1.82, 2.24) is 4.90 Å². The van der Waals surface area contributed by atoms with Gasteiger partial charge in [-0.3, -0.25) is 4.90 Å². The van der Waals surface area contributed by atoms with E-state index in [0.29, 0.717) is 6.04 Å². The molecule has 4 bridgehead atoms. The molecule has 0 aromatic heterocycles. The molecule has 0 amide bonds. The molecule has 7 atom stereocenters. The van der Waals surface area contributed by atoms with Gasteiger partial charge in [0.2, 0.25) is 0 Å². The Kier molecular flexibility index (Phi) is 4.30. The highest BCUT2D eigenvalue weighted by atomic mass is 16.6. The molecule has 1 N–H and O–H groups in total. The van der Waals surface area contributed by atoms with Crippen LogP contribution in [0.3, 0.4) is 0 Å². The summed E-state index contributed by atoms with van der Waals surface area (Å²) >= 11 is 0. The van der Waals surface area contributed by atoms with Crippen molar-refractivity contribution in [2.24, 2.45) is 22.7 Å². The Labute approximate surface area is 209 Å². The van der Waals surface area contributed by atoms with Crippen molar-refractivity contribution in [3.05, 3.63) is 35.4 Å². The second kappa shape index (κ2) is 6.65.